The highest BCUT2D eigenvalue weighted by Gasteiger charge is 2.07. The van der Waals surface area contributed by atoms with E-state index in [-0.39, 0.29) is 11.7 Å². The third kappa shape index (κ3) is 4.71. The summed E-state index contributed by atoms with van der Waals surface area (Å²) in [5.41, 5.74) is 6.20. The standard InChI is InChI=1S/C16H14N4O2S2/c17-15-19-20-16(24-15)23-10-14(21)18-11-6-8-13(9-7-11)22-12-4-2-1-3-5-12/h1-9H,10H2,(H2,17,19)(H,18,21). The maximum Gasteiger partial charge on any atom is 0.234 e. The van der Waals surface area contributed by atoms with Crippen molar-refractivity contribution in [3.8, 4) is 11.5 Å². The maximum atomic E-state index is 11.9. The molecule has 0 saturated carbocycles. The molecule has 2 aromatic carbocycles. The largest absolute Gasteiger partial charge is 0.457 e. The molecule has 0 unspecified atom stereocenters. The lowest BCUT2D eigenvalue weighted by atomic mass is 10.3. The zero-order valence-corrected chi connectivity index (χ0v) is 14.1. The first-order chi connectivity index (χ1) is 11.7. The molecular formula is C16H14N4O2S2. The van der Waals surface area contributed by atoms with Crippen LogP contribution < -0.4 is 15.8 Å². The number of hydrogen-bond donors (Lipinski definition) is 2. The SMILES string of the molecule is Nc1nnc(SCC(=O)Nc2ccc(Oc3ccccc3)cc2)s1. The van der Waals surface area contributed by atoms with Gasteiger partial charge in [-0.2, -0.15) is 0 Å². The highest BCUT2D eigenvalue weighted by Crippen LogP contribution is 2.25. The summed E-state index contributed by atoms with van der Waals surface area (Å²) in [6.07, 6.45) is 0. The van der Waals surface area contributed by atoms with E-state index in [9.17, 15) is 4.79 Å². The summed E-state index contributed by atoms with van der Waals surface area (Å²) in [4.78, 5) is 11.9. The molecule has 3 rings (SSSR count). The third-order valence-electron chi connectivity index (χ3n) is 2.87. The van der Waals surface area contributed by atoms with Crippen LogP contribution in [0.4, 0.5) is 10.8 Å². The molecule has 1 aromatic heterocycles. The molecule has 6 nitrogen and oxygen atoms in total. The minimum atomic E-state index is -0.120. The molecule has 0 fully saturated rings. The fraction of sp³-hybridized carbons (Fsp3) is 0.0625. The summed E-state index contributed by atoms with van der Waals surface area (Å²) in [6.45, 7) is 0. The Kier molecular flexibility index (Phi) is 5.29. The van der Waals surface area contributed by atoms with Crippen LogP contribution in [0.2, 0.25) is 0 Å². The molecule has 24 heavy (non-hydrogen) atoms. The molecule has 0 bridgehead atoms. The fourth-order valence-electron chi connectivity index (χ4n) is 1.83. The highest BCUT2D eigenvalue weighted by molar-refractivity contribution is 8.01. The number of benzene rings is 2. The van der Waals surface area contributed by atoms with Crippen molar-refractivity contribution in [2.24, 2.45) is 0 Å². The van der Waals surface area contributed by atoms with E-state index in [0.717, 1.165) is 5.75 Å². The van der Waals surface area contributed by atoms with Gasteiger partial charge in [0.25, 0.3) is 0 Å². The van der Waals surface area contributed by atoms with Crippen LogP contribution in [-0.2, 0) is 4.79 Å². The molecule has 1 amide bonds. The first-order valence-corrected chi connectivity index (χ1v) is 8.84. The van der Waals surface area contributed by atoms with Gasteiger partial charge in [0, 0.05) is 5.69 Å². The number of nitrogens with one attached hydrogen (secondary N) is 1. The molecule has 0 radical (unpaired) electrons. The number of carbonyl (C=O) groups excluding carboxylic acids is 1. The number of nitrogen functional groups attached to an aromatic ring is 1. The van der Waals surface area contributed by atoms with Crippen LogP contribution in [0.25, 0.3) is 0 Å². The number of anilines is 2. The molecule has 0 aliphatic carbocycles. The molecule has 0 aliphatic heterocycles. The van der Waals surface area contributed by atoms with Crippen molar-refractivity contribution in [3.63, 3.8) is 0 Å². The van der Waals surface area contributed by atoms with E-state index < -0.39 is 0 Å². The normalized spacial score (nSPS) is 10.3. The number of para-hydroxylation sites is 1. The van der Waals surface area contributed by atoms with E-state index in [1.165, 1.54) is 23.1 Å². The third-order valence-corrected chi connectivity index (χ3v) is 4.75. The maximum absolute atomic E-state index is 11.9. The lowest BCUT2D eigenvalue weighted by Gasteiger charge is -2.07. The van der Waals surface area contributed by atoms with Crippen LogP contribution in [0.15, 0.2) is 58.9 Å². The van der Waals surface area contributed by atoms with E-state index in [1.807, 2.05) is 30.3 Å². The Bertz CT molecular complexity index is 806. The van der Waals surface area contributed by atoms with Crippen molar-refractivity contribution in [2.75, 3.05) is 16.8 Å². The topological polar surface area (TPSA) is 90.1 Å². The quantitative estimate of drug-likeness (QED) is 0.654. The van der Waals surface area contributed by atoms with Crippen molar-refractivity contribution in [3.05, 3.63) is 54.6 Å². The van der Waals surface area contributed by atoms with Crippen LogP contribution in [0.3, 0.4) is 0 Å². The second-order valence-corrected chi connectivity index (χ2v) is 6.91. The zero-order chi connectivity index (χ0) is 16.8. The lowest BCUT2D eigenvalue weighted by molar-refractivity contribution is -0.113. The van der Waals surface area contributed by atoms with Gasteiger partial charge >= 0.3 is 0 Å². The van der Waals surface area contributed by atoms with Crippen LogP contribution in [0, 0.1) is 0 Å². The summed E-state index contributed by atoms with van der Waals surface area (Å²) in [5.74, 6) is 1.60. The fourth-order valence-corrected chi connectivity index (χ4v) is 3.27. The summed E-state index contributed by atoms with van der Waals surface area (Å²) < 4.78 is 6.38. The Morgan fingerprint density at radius 1 is 1.08 bits per heavy atom. The number of amides is 1. The van der Waals surface area contributed by atoms with Gasteiger partial charge in [-0.3, -0.25) is 4.79 Å². The van der Waals surface area contributed by atoms with Gasteiger partial charge in [0.15, 0.2) is 4.34 Å². The van der Waals surface area contributed by atoms with Crippen LogP contribution in [0.1, 0.15) is 0 Å². The number of hydrogen-bond acceptors (Lipinski definition) is 7. The highest BCUT2D eigenvalue weighted by atomic mass is 32.2. The number of aromatic nitrogens is 2. The smallest absolute Gasteiger partial charge is 0.234 e. The first-order valence-electron chi connectivity index (χ1n) is 7.03. The molecule has 8 heteroatoms. The Labute approximate surface area is 147 Å². The predicted octanol–water partition coefficient (Wildman–Crippen LogP) is 3.64. The first kappa shape index (κ1) is 16.3. The average Bonchev–Trinajstić information content (AvgIpc) is 3.01. The van der Waals surface area contributed by atoms with Gasteiger partial charge in [-0.15, -0.1) is 10.2 Å². The van der Waals surface area contributed by atoms with Gasteiger partial charge < -0.3 is 15.8 Å². The molecule has 0 aliphatic rings. The monoisotopic (exact) mass is 358 g/mol. The summed E-state index contributed by atoms with van der Waals surface area (Å²) in [5, 5.41) is 10.8. The van der Waals surface area contributed by atoms with E-state index >= 15 is 0 Å². The molecule has 0 spiro atoms. The van der Waals surface area contributed by atoms with Crippen molar-refractivity contribution < 1.29 is 9.53 Å². The second kappa shape index (κ2) is 7.80. The number of nitrogens with two attached hydrogens (primary N) is 1. The minimum absolute atomic E-state index is 0.120. The molecule has 0 atom stereocenters. The van der Waals surface area contributed by atoms with E-state index in [0.29, 0.717) is 20.9 Å². The lowest BCUT2D eigenvalue weighted by Crippen LogP contribution is -2.13. The van der Waals surface area contributed by atoms with Gasteiger partial charge in [0.05, 0.1) is 5.75 Å². The molecule has 122 valence electrons. The van der Waals surface area contributed by atoms with Gasteiger partial charge in [-0.05, 0) is 36.4 Å². The Balaban J connectivity index is 1.51. The molecule has 1 heterocycles. The summed E-state index contributed by atoms with van der Waals surface area (Å²) >= 11 is 2.56. The Morgan fingerprint density at radius 2 is 1.79 bits per heavy atom. The summed E-state index contributed by atoms with van der Waals surface area (Å²) in [6, 6.07) is 16.7. The van der Waals surface area contributed by atoms with Gasteiger partial charge in [-0.25, -0.2) is 0 Å². The number of carbonyl (C=O) groups is 1. The van der Waals surface area contributed by atoms with Crippen molar-refractivity contribution in [1.82, 2.24) is 10.2 Å². The van der Waals surface area contributed by atoms with Gasteiger partial charge in [0.2, 0.25) is 11.0 Å². The molecule has 3 N–H and O–H groups in total. The van der Waals surface area contributed by atoms with Crippen LogP contribution in [0.5, 0.6) is 11.5 Å². The number of rotatable bonds is 6. The number of thioether (sulfide) groups is 1. The molecule has 0 saturated heterocycles. The van der Waals surface area contributed by atoms with Crippen molar-refractivity contribution >= 4 is 39.8 Å². The Morgan fingerprint density at radius 3 is 2.46 bits per heavy atom. The van der Waals surface area contributed by atoms with Gasteiger partial charge in [0.1, 0.15) is 11.5 Å². The summed E-state index contributed by atoms with van der Waals surface area (Å²) in [7, 11) is 0. The predicted molar refractivity (Wildman–Crippen MR) is 96.6 cm³/mol. The minimum Gasteiger partial charge on any atom is -0.457 e. The number of ether oxygens (including phenoxy) is 1. The van der Waals surface area contributed by atoms with Crippen LogP contribution in [-0.4, -0.2) is 21.9 Å². The van der Waals surface area contributed by atoms with Crippen LogP contribution >= 0.6 is 23.1 Å². The van der Waals surface area contributed by atoms with E-state index in [4.69, 9.17) is 10.5 Å². The Hall–Kier alpha value is -2.58. The molecule has 3 aromatic rings. The average molecular weight is 358 g/mol. The van der Waals surface area contributed by atoms with Crippen molar-refractivity contribution in [1.29, 1.82) is 0 Å². The van der Waals surface area contributed by atoms with Gasteiger partial charge in [-0.1, -0.05) is 41.3 Å². The zero-order valence-electron chi connectivity index (χ0n) is 12.5. The molecular weight excluding hydrogens is 344 g/mol. The van der Waals surface area contributed by atoms with Crippen molar-refractivity contribution in [2.45, 2.75) is 4.34 Å². The van der Waals surface area contributed by atoms with E-state index in [2.05, 4.69) is 15.5 Å². The second-order valence-electron chi connectivity index (χ2n) is 4.68. The number of nitrogens with zero attached hydrogens (tertiary/aromatic N) is 2. The van der Waals surface area contributed by atoms with E-state index in [1.54, 1.807) is 24.3 Å².